The second-order valence-electron chi connectivity index (χ2n) is 8.01. The van der Waals surface area contributed by atoms with E-state index in [9.17, 15) is 24.8 Å². The van der Waals surface area contributed by atoms with Crippen molar-refractivity contribution in [3.63, 3.8) is 0 Å². The van der Waals surface area contributed by atoms with Crippen LogP contribution >= 0.6 is 0 Å². The van der Waals surface area contributed by atoms with Gasteiger partial charge in [-0.2, -0.15) is 0 Å². The number of benzene rings is 2. The fraction of sp³-hybridized carbons (Fsp3) is 0.208. The van der Waals surface area contributed by atoms with Crippen molar-refractivity contribution in [1.29, 1.82) is 0 Å². The van der Waals surface area contributed by atoms with Crippen LogP contribution in [0.1, 0.15) is 36.8 Å². The number of aryl methyl sites for hydroxylation is 1. The minimum atomic E-state index is -1.16. The van der Waals surface area contributed by atoms with Crippen LogP contribution in [0, 0.1) is 17.0 Å². The van der Waals surface area contributed by atoms with Gasteiger partial charge < -0.3 is 14.4 Å². The molecule has 0 saturated carbocycles. The molecule has 1 unspecified atom stereocenters. The van der Waals surface area contributed by atoms with Gasteiger partial charge in [-0.1, -0.05) is 17.3 Å². The summed E-state index contributed by atoms with van der Waals surface area (Å²) < 4.78 is 10.7. The van der Waals surface area contributed by atoms with Crippen molar-refractivity contribution in [3.05, 3.63) is 87.2 Å². The highest BCUT2D eigenvalue weighted by Gasteiger charge is 2.48. The number of ketones is 1. The van der Waals surface area contributed by atoms with Crippen molar-refractivity contribution in [1.82, 2.24) is 5.16 Å². The van der Waals surface area contributed by atoms with Gasteiger partial charge in [0, 0.05) is 23.8 Å². The van der Waals surface area contributed by atoms with Crippen LogP contribution in [0.15, 0.2) is 64.7 Å². The molecule has 34 heavy (non-hydrogen) atoms. The summed E-state index contributed by atoms with van der Waals surface area (Å²) in [4.78, 5) is 38.0. The SMILES string of the molecule is Cc1cc(N2C(=O)C(=O)/C(=C(\O)c3ccc(OC(C)C)cc3)C2c2cccc([N+](=O)[O-])c2)no1. The monoisotopic (exact) mass is 463 g/mol. The lowest BCUT2D eigenvalue weighted by atomic mass is 9.95. The summed E-state index contributed by atoms with van der Waals surface area (Å²) in [7, 11) is 0. The number of amides is 1. The molecule has 0 radical (unpaired) electrons. The molecule has 0 bridgehead atoms. The van der Waals surface area contributed by atoms with Crippen molar-refractivity contribution in [3.8, 4) is 5.75 Å². The lowest BCUT2D eigenvalue weighted by Crippen LogP contribution is -2.29. The molecule has 0 spiro atoms. The Morgan fingerprint density at radius 2 is 1.88 bits per heavy atom. The third kappa shape index (κ3) is 4.13. The average Bonchev–Trinajstić information content (AvgIpc) is 3.34. The molecule has 10 heteroatoms. The number of nitrogens with zero attached hydrogens (tertiary/aromatic N) is 3. The first-order valence-corrected chi connectivity index (χ1v) is 10.4. The number of ether oxygens (including phenoxy) is 1. The molecule has 1 N–H and O–H groups in total. The van der Waals surface area contributed by atoms with Crippen LogP contribution in [-0.2, 0) is 9.59 Å². The Bertz CT molecular complexity index is 1310. The summed E-state index contributed by atoms with van der Waals surface area (Å²) in [5.74, 6) is -1.29. The zero-order valence-electron chi connectivity index (χ0n) is 18.6. The molecule has 2 heterocycles. The number of hydrogen-bond acceptors (Lipinski definition) is 8. The lowest BCUT2D eigenvalue weighted by molar-refractivity contribution is -0.384. The molecule has 2 aromatic carbocycles. The van der Waals surface area contributed by atoms with Gasteiger partial charge in [-0.15, -0.1) is 0 Å². The summed E-state index contributed by atoms with van der Waals surface area (Å²) in [6.45, 7) is 5.37. The molecular weight excluding hydrogens is 442 g/mol. The Morgan fingerprint density at radius 3 is 2.47 bits per heavy atom. The quantitative estimate of drug-likeness (QED) is 0.188. The molecule has 1 saturated heterocycles. The molecule has 1 amide bonds. The van der Waals surface area contributed by atoms with E-state index >= 15 is 0 Å². The molecule has 3 aromatic rings. The third-order valence-corrected chi connectivity index (χ3v) is 5.20. The van der Waals surface area contributed by atoms with Crippen LogP contribution in [0.5, 0.6) is 5.75 Å². The van der Waals surface area contributed by atoms with Crippen LogP contribution < -0.4 is 9.64 Å². The summed E-state index contributed by atoms with van der Waals surface area (Å²) in [5, 5.41) is 26.3. The average molecular weight is 463 g/mol. The van der Waals surface area contributed by atoms with Gasteiger partial charge in [-0.05, 0) is 50.6 Å². The number of aromatic nitrogens is 1. The molecule has 1 atom stereocenters. The number of aliphatic hydroxyl groups excluding tert-OH is 1. The molecule has 4 rings (SSSR count). The zero-order valence-corrected chi connectivity index (χ0v) is 18.6. The molecule has 0 aliphatic carbocycles. The largest absolute Gasteiger partial charge is 0.507 e. The van der Waals surface area contributed by atoms with Gasteiger partial charge in [-0.3, -0.25) is 24.6 Å². The van der Waals surface area contributed by atoms with Crippen LogP contribution in [0.2, 0.25) is 0 Å². The highest BCUT2D eigenvalue weighted by atomic mass is 16.6. The van der Waals surface area contributed by atoms with Crippen LogP contribution in [0.25, 0.3) is 5.76 Å². The van der Waals surface area contributed by atoms with Gasteiger partial charge in [0.05, 0.1) is 22.6 Å². The second-order valence-corrected chi connectivity index (χ2v) is 8.01. The van der Waals surface area contributed by atoms with Gasteiger partial charge in [0.25, 0.3) is 11.5 Å². The van der Waals surface area contributed by atoms with E-state index < -0.39 is 28.4 Å². The normalized spacial score (nSPS) is 17.4. The maximum Gasteiger partial charge on any atom is 0.301 e. The smallest absolute Gasteiger partial charge is 0.301 e. The Labute approximate surface area is 194 Å². The van der Waals surface area contributed by atoms with E-state index in [0.29, 0.717) is 11.5 Å². The number of nitro groups is 1. The van der Waals surface area contributed by atoms with E-state index in [1.807, 2.05) is 13.8 Å². The number of hydrogen-bond donors (Lipinski definition) is 1. The zero-order chi connectivity index (χ0) is 24.6. The summed E-state index contributed by atoms with van der Waals surface area (Å²) in [6, 6.07) is 12.2. The molecule has 1 aliphatic rings. The number of aliphatic hydroxyl groups is 1. The Balaban J connectivity index is 1.88. The third-order valence-electron chi connectivity index (χ3n) is 5.20. The van der Waals surface area contributed by atoms with Crippen molar-refractivity contribution in [2.45, 2.75) is 32.9 Å². The maximum atomic E-state index is 13.1. The fourth-order valence-corrected chi connectivity index (χ4v) is 3.78. The first-order chi connectivity index (χ1) is 16.2. The van der Waals surface area contributed by atoms with Crippen molar-refractivity contribution in [2.24, 2.45) is 0 Å². The molecule has 10 nitrogen and oxygen atoms in total. The molecule has 1 fully saturated rings. The number of anilines is 1. The highest BCUT2D eigenvalue weighted by molar-refractivity contribution is 6.51. The minimum absolute atomic E-state index is 0.0513. The van der Waals surface area contributed by atoms with E-state index in [4.69, 9.17) is 9.26 Å². The Kier molecular flexibility index (Phi) is 5.89. The number of Topliss-reactive ketones (excluding diaryl/α,β-unsaturated/α-hetero) is 1. The number of rotatable bonds is 6. The van der Waals surface area contributed by atoms with Crippen molar-refractivity contribution < 1.29 is 28.9 Å². The minimum Gasteiger partial charge on any atom is -0.507 e. The summed E-state index contributed by atoms with van der Waals surface area (Å²) in [5.41, 5.74) is 0.0921. The van der Waals surface area contributed by atoms with E-state index in [2.05, 4.69) is 5.16 Å². The maximum absolute atomic E-state index is 13.1. The molecule has 1 aliphatic heterocycles. The number of carbonyl (C=O) groups is 2. The highest BCUT2D eigenvalue weighted by Crippen LogP contribution is 2.42. The van der Waals surface area contributed by atoms with Gasteiger partial charge in [0.15, 0.2) is 5.82 Å². The van der Waals surface area contributed by atoms with E-state index in [0.717, 1.165) is 4.90 Å². The Morgan fingerprint density at radius 1 is 1.18 bits per heavy atom. The van der Waals surface area contributed by atoms with Crippen molar-refractivity contribution in [2.75, 3.05) is 4.90 Å². The predicted molar refractivity (Wildman–Crippen MR) is 121 cm³/mol. The van der Waals surface area contributed by atoms with Gasteiger partial charge in [0.2, 0.25) is 0 Å². The standard InChI is InChI=1S/C24H21N3O7/c1-13(2)33-18-9-7-15(8-10-18)22(28)20-21(16-5-4-6-17(12-16)27(31)32)26(24(30)23(20)29)19-11-14(3)34-25-19/h4-13,21,28H,1-3H3/b22-20-. The second kappa shape index (κ2) is 8.81. The lowest BCUT2D eigenvalue weighted by Gasteiger charge is -2.22. The van der Waals surface area contributed by atoms with Crippen molar-refractivity contribution >= 4 is 29.0 Å². The number of non-ortho nitro benzene ring substituents is 1. The van der Waals surface area contributed by atoms with E-state index in [1.54, 1.807) is 31.2 Å². The fourth-order valence-electron chi connectivity index (χ4n) is 3.78. The van der Waals surface area contributed by atoms with Crippen LogP contribution in [0.3, 0.4) is 0 Å². The van der Waals surface area contributed by atoms with E-state index in [1.165, 1.54) is 30.3 Å². The van der Waals surface area contributed by atoms with Crippen LogP contribution in [0.4, 0.5) is 11.5 Å². The van der Waals surface area contributed by atoms with E-state index in [-0.39, 0.29) is 34.3 Å². The first kappa shape index (κ1) is 22.7. The topological polar surface area (TPSA) is 136 Å². The molecular formula is C24H21N3O7. The number of carbonyl (C=O) groups excluding carboxylic acids is 2. The predicted octanol–water partition coefficient (Wildman–Crippen LogP) is 4.30. The van der Waals surface area contributed by atoms with Gasteiger partial charge in [-0.25, -0.2) is 0 Å². The molecule has 174 valence electrons. The Hall–Kier alpha value is -4.47. The van der Waals surface area contributed by atoms with Gasteiger partial charge >= 0.3 is 5.91 Å². The number of nitro benzene ring substituents is 1. The molecule has 1 aromatic heterocycles. The van der Waals surface area contributed by atoms with Crippen LogP contribution in [-0.4, -0.2) is 33.0 Å². The first-order valence-electron chi connectivity index (χ1n) is 10.4. The van der Waals surface area contributed by atoms with Gasteiger partial charge in [0.1, 0.15) is 17.3 Å². The summed E-state index contributed by atoms with van der Waals surface area (Å²) >= 11 is 0. The summed E-state index contributed by atoms with van der Waals surface area (Å²) in [6.07, 6.45) is -0.0513.